The van der Waals surface area contributed by atoms with E-state index in [2.05, 4.69) is 4.98 Å². The Kier molecular flexibility index (Phi) is 3.31. The quantitative estimate of drug-likeness (QED) is 0.765. The van der Waals surface area contributed by atoms with Crippen molar-refractivity contribution in [3.63, 3.8) is 0 Å². The van der Waals surface area contributed by atoms with Crippen LogP contribution in [0.2, 0.25) is 0 Å². The molecule has 0 atom stereocenters. The normalized spacial score (nSPS) is 10.1. The molecule has 82 valence electrons. The molecular formula is C12H11NO2S. The van der Waals surface area contributed by atoms with E-state index in [1.54, 1.807) is 19.3 Å². The summed E-state index contributed by atoms with van der Waals surface area (Å²) in [5, 5.41) is 1.89. The summed E-state index contributed by atoms with van der Waals surface area (Å²) < 4.78 is 5.00. The van der Waals surface area contributed by atoms with E-state index >= 15 is 0 Å². The zero-order chi connectivity index (χ0) is 11.4. The summed E-state index contributed by atoms with van der Waals surface area (Å²) in [7, 11) is 0. The fraction of sp³-hybridized carbons (Fsp3) is 0.167. The Morgan fingerprint density at radius 3 is 2.81 bits per heavy atom. The summed E-state index contributed by atoms with van der Waals surface area (Å²) in [5.74, 6) is -0.260. The van der Waals surface area contributed by atoms with Gasteiger partial charge in [-0.1, -0.05) is 0 Å². The lowest BCUT2D eigenvalue weighted by atomic mass is 10.1. The molecule has 16 heavy (non-hydrogen) atoms. The summed E-state index contributed by atoms with van der Waals surface area (Å²) in [6.07, 6.45) is 3.42. The van der Waals surface area contributed by atoms with Crippen LogP contribution in [-0.2, 0) is 4.74 Å². The number of hydrogen-bond donors (Lipinski definition) is 0. The highest BCUT2D eigenvalue weighted by Crippen LogP contribution is 2.28. The van der Waals surface area contributed by atoms with Crippen molar-refractivity contribution in [3.05, 3.63) is 40.8 Å². The van der Waals surface area contributed by atoms with Gasteiger partial charge in [-0.3, -0.25) is 4.98 Å². The predicted octanol–water partition coefficient (Wildman–Crippen LogP) is 2.99. The summed E-state index contributed by atoms with van der Waals surface area (Å²) in [6.45, 7) is 2.20. The van der Waals surface area contributed by atoms with Crippen molar-refractivity contribution in [1.82, 2.24) is 4.98 Å². The fourth-order valence-corrected chi connectivity index (χ4v) is 2.23. The minimum Gasteiger partial charge on any atom is -0.462 e. The van der Waals surface area contributed by atoms with Gasteiger partial charge in [0, 0.05) is 18.0 Å². The number of nitrogens with zero attached hydrogens (tertiary/aromatic N) is 1. The number of aromatic nitrogens is 1. The Morgan fingerprint density at radius 1 is 1.38 bits per heavy atom. The number of carbonyl (C=O) groups is 1. The van der Waals surface area contributed by atoms with Crippen LogP contribution in [0.5, 0.6) is 0 Å². The molecule has 2 rings (SSSR count). The van der Waals surface area contributed by atoms with Crippen LogP contribution in [0.3, 0.4) is 0 Å². The van der Waals surface area contributed by atoms with Crippen LogP contribution in [0.4, 0.5) is 0 Å². The minimum absolute atomic E-state index is 0.260. The lowest BCUT2D eigenvalue weighted by molar-refractivity contribution is 0.0533. The van der Waals surface area contributed by atoms with Crippen molar-refractivity contribution in [2.24, 2.45) is 0 Å². The average Bonchev–Trinajstić information content (AvgIpc) is 2.79. The Hall–Kier alpha value is -1.68. The highest BCUT2D eigenvalue weighted by atomic mass is 32.1. The molecule has 0 bridgehead atoms. The number of thiophene rings is 1. The number of carbonyl (C=O) groups excluding carboxylic acids is 1. The number of pyridine rings is 1. The van der Waals surface area contributed by atoms with Crippen molar-refractivity contribution in [2.45, 2.75) is 6.92 Å². The van der Waals surface area contributed by atoms with Crippen molar-refractivity contribution in [3.8, 4) is 11.1 Å². The van der Waals surface area contributed by atoms with Crippen LogP contribution in [0, 0.1) is 0 Å². The molecule has 0 saturated heterocycles. The highest BCUT2D eigenvalue weighted by Gasteiger charge is 2.14. The van der Waals surface area contributed by atoms with Crippen LogP contribution in [-0.4, -0.2) is 17.6 Å². The Labute approximate surface area is 97.7 Å². The molecule has 2 aromatic heterocycles. The summed E-state index contributed by atoms with van der Waals surface area (Å²) >= 11 is 1.40. The second-order valence-corrected chi connectivity index (χ2v) is 4.04. The van der Waals surface area contributed by atoms with Gasteiger partial charge in [0.05, 0.1) is 6.61 Å². The first-order chi connectivity index (χ1) is 7.83. The smallest absolute Gasteiger partial charge is 0.348 e. The third-order valence-corrected chi connectivity index (χ3v) is 3.01. The predicted molar refractivity (Wildman–Crippen MR) is 63.5 cm³/mol. The van der Waals surface area contributed by atoms with Gasteiger partial charge in [0.2, 0.25) is 0 Å². The molecule has 0 aliphatic heterocycles. The lowest BCUT2D eigenvalue weighted by Crippen LogP contribution is -2.03. The number of rotatable bonds is 3. The van der Waals surface area contributed by atoms with Crippen molar-refractivity contribution >= 4 is 17.3 Å². The second-order valence-electron chi connectivity index (χ2n) is 3.12. The molecule has 0 aromatic carbocycles. The maximum Gasteiger partial charge on any atom is 0.348 e. The molecule has 0 aliphatic carbocycles. The minimum atomic E-state index is -0.260. The molecule has 0 spiro atoms. The Bertz CT molecular complexity index is 479. The van der Waals surface area contributed by atoms with Gasteiger partial charge in [0.25, 0.3) is 0 Å². The van der Waals surface area contributed by atoms with E-state index < -0.39 is 0 Å². The van der Waals surface area contributed by atoms with E-state index in [9.17, 15) is 4.79 Å². The molecule has 4 heteroatoms. The maximum atomic E-state index is 11.7. The third-order valence-electron chi connectivity index (χ3n) is 2.12. The second kappa shape index (κ2) is 4.90. The summed E-state index contributed by atoms with van der Waals surface area (Å²) in [5.41, 5.74) is 1.89. The summed E-state index contributed by atoms with van der Waals surface area (Å²) in [4.78, 5) is 16.3. The van der Waals surface area contributed by atoms with Crippen LogP contribution < -0.4 is 0 Å². The molecule has 0 radical (unpaired) electrons. The van der Waals surface area contributed by atoms with Crippen molar-refractivity contribution < 1.29 is 9.53 Å². The molecule has 0 aliphatic rings. The van der Waals surface area contributed by atoms with Gasteiger partial charge < -0.3 is 4.74 Å². The van der Waals surface area contributed by atoms with E-state index in [-0.39, 0.29) is 5.97 Å². The molecule has 2 aromatic rings. The van der Waals surface area contributed by atoms with Crippen molar-refractivity contribution in [1.29, 1.82) is 0 Å². The fourth-order valence-electron chi connectivity index (χ4n) is 1.42. The zero-order valence-corrected chi connectivity index (χ0v) is 9.66. The van der Waals surface area contributed by atoms with E-state index in [4.69, 9.17) is 4.74 Å². The molecule has 0 N–H and O–H groups in total. The average molecular weight is 233 g/mol. The highest BCUT2D eigenvalue weighted by molar-refractivity contribution is 7.12. The molecular weight excluding hydrogens is 222 g/mol. The number of hydrogen-bond acceptors (Lipinski definition) is 4. The van der Waals surface area contributed by atoms with E-state index in [0.717, 1.165) is 11.1 Å². The van der Waals surface area contributed by atoms with E-state index in [1.165, 1.54) is 11.3 Å². The Balaban J connectivity index is 2.37. The molecule has 0 unspecified atom stereocenters. The van der Waals surface area contributed by atoms with Crippen molar-refractivity contribution in [2.75, 3.05) is 6.61 Å². The molecule has 3 nitrogen and oxygen atoms in total. The van der Waals surface area contributed by atoms with E-state index in [1.807, 2.05) is 23.6 Å². The number of esters is 1. The lowest BCUT2D eigenvalue weighted by Gasteiger charge is -2.03. The molecule has 2 heterocycles. The standard InChI is InChI=1S/C12H11NO2S/c1-2-15-12(14)11-10(5-8-16-11)9-3-6-13-7-4-9/h3-8H,2H2,1H3. The molecule has 0 amide bonds. The first-order valence-electron chi connectivity index (χ1n) is 4.98. The van der Waals surface area contributed by atoms with Gasteiger partial charge in [0.15, 0.2) is 0 Å². The molecule has 0 fully saturated rings. The first kappa shape index (κ1) is 10.8. The SMILES string of the molecule is CCOC(=O)c1sccc1-c1ccncc1. The van der Waals surface area contributed by atoms with E-state index in [0.29, 0.717) is 11.5 Å². The van der Waals surface area contributed by atoms with Gasteiger partial charge in [-0.15, -0.1) is 11.3 Å². The zero-order valence-electron chi connectivity index (χ0n) is 8.84. The van der Waals surface area contributed by atoms with Gasteiger partial charge in [-0.25, -0.2) is 4.79 Å². The Morgan fingerprint density at radius 2 is 2.12 bits per heavy atom. The van der Waals surface area contributed by atoms with Crippen LogP contribution >= 0.6 is 11.3 Å². The summed E-state index contributed by atoms with van der Waals surface area (Å²) in [6, 6.07) is 5.68. The maximum absolute atomic E-state index is 11.7. The van der Waals surface area contributed by atoms with Gasteiger partial charge in [0.1, 0.15) is 4.88 Å². The monoisotopic (exact) mass is 233 g/mol. The topological polar surface area (TPSA) is 39.2 Å². The largest absolute Gasteiger partial charge is 0.462 e. The van der Waals surface area contributed by atoms with Gasteiger partial charge in [-0.2, -0.15) is 0 Å². The van der Waals surface area contributed by atoms with Crippen LogP contribution in [0.1, 0.15) is 16.6 Å². The van der Waals surface area contributed by atoms with Gasteiger partial charge in [-0.05, 0) is 36.1 Å². The van der Waals surface area contributed by atoms with Crippen LogP contribution in [0.25, 0.3) is 11.1 Å². The third kappa shape index (κ3) is 2.12. The first-order valence-corrected chi connectivity index (χ1v) is 5.86. The van der Waals surface area contributed by atoms with Gasteiger partial charge >= 0.3 is 5.97 Å². The van der Waals surface area contributed by atoms with Crippen LogP contribution in [0.15, 0.2) is 36.0 Å². The number of ether oxygens (including phenoxy) is 1. The molecule has 0 saturated carbocycles.